The molecule has 1 aliphatic carbocycles. The third-order valence-corrected chi connectivity index (χ3v) is 8.09. The van der Waals surface area contributed by atoms with Crippen LogP contribution in [-0.2, 0) is 16.1 Å². The molecule has 1 N–H and O–H groups in total. The van der Waals surface area contributed by atoms with Crippen LogP contribution in [0.15, 0.2) is 36.5 Å². The van der Waals surface area contributed by atoms with E-state index in [1.807, 2.05) is 23.1 Å². The van der Waals surface area contributed by atoms with E-state index in [4.69, 9.17) is 4.74 Å². The molecule has 5 rings (SSSR count). The number of benzene rings is 1. The number of aromatic nitrogens is 1. The van der Waals surface area contributed by atoms with Gasteiger partial charge in [0.15, 0.2) is 0 Å². The van der Waals surface area contributed by atoms with E-state index in [1.54, 1.807) is 13.2 Å². The fourth-order valence-electron chi connectivity index (χ4n) is 5.62. The molecule has 0 bridgehead atoms. The Labute approximate surface area is 215 Å². The smallest absolute Gasteiger partial charge is 0.378 e. The fraction of sp³-hybridized carbons (Fsp3) is 0.556. The number of rotatable bonds is 4. The molecular formula is C27H34F3N5O2. The van der Waals surface area contributed by atoms with Gasteiger partial charge in [0.1, 0.15) is 11.9 Å². The molecule has 0 spiro atoms. The third-order valence-electron chi connectivity index (χ3n) is 8.09. The average molecular weight is 518 g/mol. The molecule has 0 unspecified atom stereocenters. The van der Waals surface area contributed by atoms with Crippen molar-refractivity contribution in [2.24, 2.45) is 5.92 Å². The van der Waals surface area contributed by atoms with Crippen LogP contribution in [0, 0.1) is 5.92 Å². The lowest BCUT2D eigenvalue weighted by Gasteiger charge is -2.39. The molecule has 3 aliphatic rings. The number of carbonyl (C=O) groups excluding carboxylic acids is 1. The summed E-state index contributed by atoms with van der Waals surface area (Å²) in [6, 6.07) is 8.25. The van der Waals surface area contributed by atoms with E-state index in [1.165, 1.54) is 11.8 Å². The molecule has 1 amide bonds. The highest BCUT2D eigenvalue weighted by Gasteiger charge is 2.42. The quantitative estimate of drug-likeness (QED) is 0.620. The van der Waals surface area contributed by atoms with E-state index < -0.39 is 12.2 Å². The number of fused-ring (bicyclic) bond motifs is 2. The number of nitrogens with one attached hydrogen (secondary N) is 1. The number of carbonyl (C=O) groups is 1. The summed E-state index contributed by atoms with van der Waals surface area (Å²) in [6.45, 7) is 4.50. The van der Waals surface area contributed by atoms with Crippen molar-refractivity contribution < 1.29 is 22.7 Å². The van der Waals surface area contributed by atoms with Gasteiger partial charge in [0.25, 0.3) is 0 Å². The Morgan fingerprint density at radius 2 is 1.89 bits per heavy atom. The van der Waals surface area contributed by atoms with Crippen LogP contribution >= 0.6 is 0 Å². The van der Waals surface area contributed by atoms with Crippen LogP contribution in [-0.4, -0.2) is 67.4 Å². The predicted molar refractivity (Wildman–Crippen MR) is 137 cm³/mol. The predicted octanol–water partition coefficient (Wildman–Crippen LogP) is 4.95. The van der Waals surface area contributed by atoms with Crippen molar-refractivity contribution in [1.29, 1.82) is 0 Å². The Hall–Kier alpha value is -2.85. The van der Waals surface area contributed by atoms with Crippen LogP contribution in [0.3, 0.4) is 0 Å². The van der Waals surface area contributed by atoms with Crippen molar-refractivity contribution in [3.63, 3.8) is 0 Å². The van der Waals surface area contributed by atoms with E-state index in [0.29, 0.717) is 45.4 Å². The Kier molecular flexibility index (Phi) is 7.31. The van der Waals surface area contributed by atoms with Crippen LogP contribution in [0.4, 0.5) is 36.1 Å². The van der Waals surface area contributed by atoms with Gasteiger partial charge in [-0.05, 0) is 63.9 Å². The maximum Gasteiger partial charge on any atom is 0.403 e. The number of pyridine rings is 1. The van der Waals surface area contributed by atoms with Gasteiger partial charge in [-0.3, -0.25) is 9.69 Å². The van der Waals surface area contributed by atoms with Gasteiger partial charge in [-0.1, -0.05) is 6.07 Å². The number of hydrogen-bond donors (Lipinski definition) is 1. The molecule has 2 aliphatic heterocycles. The van der Waals surface area contributed by atoms with Crippen LogP contribution in [0.5, 0.6) is 0 Å². The summed E-state index contributed by atoms with van der Waals surface area (Å²) in [7, 11) is 1.54. The van der Waals surface area contributed by atoms with Crippen molar-refractivity contribution in [1.82, 2.24) is 9.88 Å². The zero-order chi connectivity index (χ0) is 26.2. The second-order valence-corrected chi connectivity index (χ2v) is 10.2. The lowest BCUT2D eigenvalue weighted by molar-refractivity contribution is -0.182. The summed E-state index contributed by atoms with van der Waals surface area (Å²) >= 11 is 0. The zero-order valence-corrected chi connectivity index (χ0v) is 21.3. The van der Waals surface area contributed by atoms with Crippen molar-refractivity contribution in [2.45, 2.75) is 57.4 Å². The van der Waals surface area contributed by atoms with Crippen LogP contribution in [0.25, 0.3) is 0 Å². The topological polar surface area (TPSA) is 60.9 Å². The fourth-order valence-corrected chi connectivity index (χ4v) is 5.62. The zero-order valence-electron chi connectivity index (χ0n) is 21.3. The number of morpholine rings is 1. The first-order chi connectivity index (χ1) is 17.7. The van der Waals surface area contributed by atoms with Gasteiger partial charge in [0.2, 0.25) is 5.91 Å². The van der Waals surface area contributed by atoms with Crippen molar-refractivity contribution in [3.05, 3.63) is 42.1 Å². The Morgan fingerprint density at radius 1 is 1.16 bits per heavy atom. The molecule has 1 aromatic carbocycles. The molecule has 1 aromatic heterocycles. The minimum atomic E-state index is -4.26. The molecule has 3 heterocycles. The molecule has 1 saturated carbocycles. The number of hydrogen-bond acceptors (Lipinski definition) is 6. The highest BCUT2D eigenvalue weighted by molar-refractivity contribution is 6.00. The van der Waals surface area contributed by atoms with Gasteiger partial charge in [-0.2, -0.15) is 13.2 Å². The first kappa shape index (κ1) is 25.8. The second kappa shape index (κ2) is 10.5. The molecule has 37 heavy (non-hydrogen) atoms. The van der Waals surface area contributed by atoms with E-state index >= 15 is 0 Å². The van der Waals surface area contributed by atoms with E-state index in [9.17, 15) is 18.0 Å². The minimum absolute atomic E-state index is 0.0175. The monoisotopic (exact) mass is 517 g/mol. The first-order valence-corrected chi connectivity index (χ1v) is 13.0. The van der Waals surface area contributed by atoms with E-state index in [0.717, 1.165) is 41.5 Å². The summed E-state index contributed by atoms with van der Waals surface area (Å²) in [4.78, 5) is 24.0. The standard InChI is InChI=1S/C27H34F3N5O2/c1-18(27(28,29)30)33(2)21-7-5-19(6-8-21)26(36)35-17-20-4-3-11-31-25(20)32-23-10-9-22(16-24(23)35)34-12-14-37-15-13-34/h3-4,9-11,16,18-19,21H,5-8,12-15,17H2,1-2H3,(H,31,32)/t18-,19-,21+/m0/s1. The number of ether oxygens (including phenoxy) is 1. The lowest BCUT2D eigenvalue weighted by Crippen LogP contribution is -2.48. The number of anilines is 4. The summed E-state index contributed by atoms with van der Waals surface area (Å²) in [5.41, 5.74) is 3.58. The molecule has 2 aromatic rings. The maximum atomic E-state index is 14.0. The molecule has 200 valence electrons. The largest absolute Gasteiger partial charge is 0.403 e. The summed E-state index contributed by atoms with van der Waals surface area (Å²) in [5.74, 6) is 0.512. The second-order valence-electron chi connectivity index (χ2n) is 10.2. The minimum Gasteiger partial charge on any atom is -0.378 e. The molecule has 0 radical (unpaired) electrons. The highest BCUT2D eigenvalue weighted by Crippen LogP contribution is 2.40. The van der Waals surface area contributed by atoms with Crippen LogP contribution in [0.2, 0.25) is 0 Å². The van der Waals surface area contributed by atoms with Gasteiger partial charge in [-0.25, -0.2) is 4.98 Å². The normalized spacial score (nSPS) is 23.1. The van der Waals surface area contributed by atoms with Gasteiger partial charge in [0.05, 0.1) is 31.1 Å². The van der Waals surface area contributed by atoms with E-state index in [-0.39, 0.29) is 17.9 Å². The van der Waals surface area contributed by atoms with Gasteiger partial charge in [0, 0.05) is 42.5 Å². The Bertz CT molecular complexity index is 1110. The third kappa shape index (κ3) is 5.40. The van der Waals surface area contributed by atoms with Crippen molar-refractivity contribution >= 4 is 28.8 Å². The first-order valence-electron chi connectivity index (χ1n) is 13.0. The lowest BCUT2D eigenvalue weighted by atomic mass is 9.84. The van der Waals surface area contributed by atoms with Gasteiger partial charge >= 0.3 is 6.18 Å². The SMILES string of the molecule is C[C@H](N(C)[C@H]1CC[C@@H](C(=O)N2Cc3cccnc3Nc3ccc(N4CCOCC4)cc32)CC1)C(F)(F)F. The number of alkyl halides is 3. The number of halogens is 3. The Balaban J connectivity index is 1.38. The molecule has 2 fully saturated rings. The number of amides is 1. The maximum absolute atomic E-state index is 14.0. The average Bonchev–Trinajstić information content (AvgIpc) is 3.08. The molecule has 7 nitrogen and oxygen atoms in total. The molecule has 1 atom stereocenters. The van der Waals surface area contributed by atoms with Crippen LogP contribution in [0.1, 0.15) is 38.2 Å². The van der Waals surface area contributed by atoms with Crippen molar-refractivity contribution in [3.8, 4) is 0 Å². The summed E-state index contributed by atoms with van der Waals surface area (Å²) in [6.07, 6.45) is -0.257. The number of nitrogens with zero attached hydrogens (tertiary/aromatic N) is 4. The van der Waals surface area contributed by atoms with Gasteiger partial charge < -0.3 is 19.9 Å². The van der Waals surface area contributed by atoms with Gasteiger partial charge in [-0.15, -0.1) is 0 Å². The summed E-state index contributed by atoms with van der Waals surface area (Å²) < 4.78 is 45.2. The molecular weight excluding hydrogens is 483 g/mol. The van der Waals surface area contributed by atoms with Crippen molar-refractivity contribution in [2.75, 3.05) is 48.5 Å². The molecule has 10 heteroatoms. The highest BCUT2D eigenvalue weighted by atomic mass is 19.4. The van der Waals surface area contributed by atoms with E-state index in [2.05, 4.69) is 27.3 Å². The van der Waals surface area contributed by atoms with Crippen LogP contribution < -0.4 is 15.1 Å². The summed E-state index contributed by atoms with van der Waals surface area (Å²) in [5, 5.41) is 3.41. The molecule has 1 saturated heterocycles. The Morgan fingerprint density at radius 3 is 2.59 bits per heavy atom.